The van der Waals surface area contributed by atoms with Crippen molar-refractivity contribution in [2.45, 2.75) is 17.9 Å². The number of carbonyl (C=O) groups is 2. The van der Waals surface area contributed by atoms with Crippen molar-refractivity contribution in [1.82, 2.24) is 4.90 Å². The standard InChI is InChI=1S/C20H22N2O3S2/c1-14-3-9-17(10-4-14)27-12-19(23)22-13-26-11-18(22)20(24)21-15-5-7-16(25-2)8-6-15/h3-10,18H,11-13H2,1-2H3,(H,21,24). The molecule has 142 valence electrons. The molecule has 5 nitrogen and oxygen atoms in total. The van der Waals surface area contributed by atoms with Gasteiger partial charge in [-0.1, -0.05) is 17.7 Å². The molecule has 27 heavy (non-hydrogen) atoms. The molecular weight excluding hydrogens is 380 g/mol. The van der Waals surface area contributed by atoms with Gasteiger partial charge in [0.15, 0.2) is 0 Å². The highest BCUT2D eigenvalue weighted by Gasteiger charge is 2.34. The van der Waals surface area contributed by atoms with Gasteiger partial charge in [-0.05, 0) is 43.3 Å². The number of benzene rings is 2. The molecule has 2 aromatic rings. The Kier molecular flexibility index (Phi) is 6.68. The average molecular weight is 403 g/mol. The number of carbonyl (C=O) groups excluding carboxylic acids is 2. The summed E-state index contributed by atoms with van der Waals surface area (Å²) in [7, 11) is 1.60. The lowest BCUT2D eigenvalue weighted by atomic mass is 10.2. The molecule has 0 aliphatic carbocycles. The van der Waals surface area contributed by atoms with Crippen LogP contribution in [0, 0.1) is 6.92 Å². The first-order valence-electron chi connectivity index (χ1n) is 8.58. The first-order valence-corrected chi connectivity index (χ1v) is 10.7. The van der Waals surface area contributed by atoms with Crippen LogP contribution in [0.25, 0.3) is 0 Å². The third-order valence-electron chi connectivity index (χ3n) is 4.25. The summed E-state index contributed by atoms with van der Waals surface area (Å²) < 4.78 is 5.12. The van der Waals surface area contributed by atoms with E-state index in [2.05, 4.69) is 5.32 Å². The maximum Gasteiger partial charge on any atom is 0.248 e. The maximum absolute atomic E-state index is 12.6. The minimum Gasteiger partial charge on any atom is -0.497 e. The molecule has 1 aliphatic rings. The molecule has 1 N–H and O–H groups in total. The number of anilines is 1. The number of rotatable bonds is 6. The number of aryl methyl sites for hydroxylation is 1. The van der Waals surface area contributed by atoms with Gasteiger partial charge in [0, 0.05) is 16.3 Å². The van der Waals surface area contributed by atoms with Crippen LogP contribution in [0.1, 0.15) is 5.56 Å². The second kappa shape index (κ2) is 9.19. The van der Waals surface area contributed by atoms with E-state index in [9.17, 15) is 9.59 Å². The van der Waals surface area contributed by atoms with Crippen molar-refractivity contribution in [2.24, 2.45) is 0 Å². The van der Waals surface area contributed by atoms with Crippen molar-refractivity contribution in [1.29, 1.82) is 0 Å². The molecule has 3 rings (SSSR count). The Balaban J connectivity index is 1.57. The van der Waals surface area contributed by atoms with E-state index in [1.54, 1.807) is 48.0 Å². The molecule has 2 amide bonds. The number of ether oxygens (including phenoxy) is 1. The summed E-state index contributed by atoms with van der Waals surface area (Å²) in [4.78, 5) is 28.0. The van der Waals surface area contributed by atoms with Gasteiger partial charge in [0.05, 0.1) is 18.7 Å². The normalized spacial score (nSPS) is 16.2. The zero-order chi connectivity index (χ0) is 19.2. The lowest BCUT2D eigenvalue weighted by Gasteiger charge is -2.23. The van der Waals surface area contributed by atoms with Gasteiger partial charge in [-0.3, -0.25) is 9.59 Å². The van der Waals surface area contributed by atoms with Gasteiger partial charge in [-0.15, -0.1) is 23.5 Å². The van der Waals surface area contributed by atoms with Gasteiger partial charge in [0.2, 0.25) is 11.8 Å². The zero-order valence-electron chi connectivity index (χ0n) is 15.3. The molecule has 0 spiro atoms. The molecule has 0 radical (unpaired) electrons. The number of hydrogen-bond donors (Lipinski definition) is 1. The highest BCUT2D eigenvalue weighted by molar-refractivity contribution is 8.00. The molecule has 2 aromatic carbocycles. The average Bonchev–Trinajstić information content (AvgIpc) is 3.18. The fourth-order valence-corrected chi connectivity index (χ4v) is 4.63. The molecule has 0 saturated carbocycles. The first-order chi connectivity index (χ1) is 13.1. The second-order valence-electron chi connectivity index (χ2n) is 6.20. The summed E-state index contributed by atoms with van der Waals surface area (Å²) >= 11 is 3.10. The number of methoxy groups -OCH3 is 1. The fourth-order valence-electron chi connectivity index (χ4n) is 2.67. The lowest BCUT2D eigenvalue weighted by Crippen LogP contribution is -2.45. The molecule has 0 bridgehead atoms. The van der Waals surface area contributed by atoms with Gasteiger partial charge in [0.25, 0.3) is 0 Å². The highest BCUT2D eigenvalue weighted by atomic mass is 32.2. The molecule has 1 unspecified atom stereocenters. The first kappa shape index (κ1) is 19.6. The van der Waals surface area contributed by atoms with E-state index in [0.29, 0.717) is 23.1 Å². The van der Waals surface area contributed by atoms with Gasteiger partial charge in [0.1, 0.15) is 11.8 Å². The molecule has 1 atom stereocenters. The van der Waals surface area contributed by atoms with Crippen molar-refractivity contribution >= 4 is 41.0 Å². The number of nitrogens with one attached hydrogen (secondary N) is 1. The van der Waals surface area contributed by atoms with E-state index in [1.165, 1.54) is 17.3 Å². The monoisotopic (exact) mass is 402 g/mol. The predicted octanol–water partition coefficient (Wildman–Crippen LogP) is 3.64. The maximum atomic E-state index is 12.6. The zero-order valence-corrected chi connectivity index (χ0v) is 16.9. The summed E-state index contributed by atoms with van der Waals surface area (Å²) in [5, 5.41) is 2.89. The quantitative estimate of drug-likeness (QED) is 0.748. The van der Waals surface area contributed by atoms with E-state index < -0.39 is 6.04 Å². The number of thioether (sulfide) groups is 2. The summed E-state index contributed by atoms with van der Waals surface area (Å²) in [6.07, 6.45) is 0. The summed E-state index contributed by atoms with van der Waals surface area (Å²) in [6.45, 7) is 2.03. The Morgan fingerprint density at radius 3 is 2.56 bits per heavy atom. The van der Waals surface area contributed by atoms with Crippen LogP contribution in [0.4, 0.5) is 5.69 Å². The summed E-state index contributed by atoms with van der Waals surface area (Å²) in [6, 6.07) is 14.8. The topological polar surface area (TPSA) is 58.6 Å². The van der Waals surface area contributed by atoms with Crippen LogP contribution >= 0.6 is 23.5 Å². The molecule has 1 heterocycles. The number of nitrogens with zero attached hydrogens (tertiary/aromatic N) is 1. The Morgan fingerprint density at radius 1 is 1.19 bits per heavy atom. The Labute approximate surface area is 167 Å². The third-order valence-corrected chi connectivity index (χ3v) is 6.26. The smallest absolute Gasteiger partial charge is 0.248 e. The van der Waals surface area contributed by atoms with Crippen LogP contribution in [-0.2, 0) is 9.59 Å². The molecule has 1 saturated heterocycles. The van der Waals surface area contributed by atoms with Crippen LogP contribution in [-0.4, -0.2) is 47.2 Å². The Bertz CT molecular complexity index is 794. The van der Waals surface area contributed by atoms with E-state index >= 15 is 0 Å². The van der Waals surface area contributed by atoms with Gasteiger partial charge in [-0.2, -0.15) is 0 Å². The largest absolute Gasteiger partial charge is 0.497 e. The van der Waals surface area contributed by atoms with Crippen LogP contribution in [0.15, 0.2) is 53.4 Å². The van der Waals surface area contributed by atoms with Gasteiger partial charge >= 0.3 is 0 Å². The van der Waals surface area contributed by atoms with E-state index in [-0.39, 0.29) is 11.8 Å². The van der Waals surface area contributed by atoms with Crippen molar-refractivity contribution in [3.05, 3.63) is 54.1 Å². The second-order valence-corrected chi connectivity index (χ2v) is 8.25. The minimum absolute atomic E-state index is 0.0135. The molecule has 7 heteroatoms. The molecular formula is C20H22N2O3S2. The van der Waals surface area contributed by atoms with Crippen LogP contribution < -0.4 is 10.1 Å². The molecule has 1 aliphatic heterocycles. The molecule has 0 aromatic heterocycles. The number of hydrogen-bond acceptors (Lipinski definition) is 5. The van der Waals surface area contributed by atoms with Crippen molar-refractivity contribution in [3.63, 3.8) is 0 Å². The summed E-state index contributed by atoms with van der Waals surface area (Å²) in [5.74, 6) is 2.06. The van der Waals surface area contributed by atoms with Gasteiger partial charge in [-0.25, -0.2) is 0 Å². The third kappa shape index (κ3) is 5.20. The van der Waals surface area contributed by atoms with Crippen molar-refractivity contribution in [2.75, 3.05) is 29.8 Å². The van der Waals surface area contributed by atoms with Gasteiger partial charge < -0.3 is 15.0 Å². The van der Waals surface area contributed by atoms with E-state index in [4.69, 9.17) is 4.74 Å². The van der Waals surface area contributed by atoms with Crippen LogP contribution in [0.5, 0.6) is 5.75 Å². The van der Waals surface area contributed by atoms with Crippen molar-refractivity contribution < 1.29 is 14.3 Å². The number of amides is 2. The Hall–Kier alpha value is -2.12. The fraction of sp³-hybridized carbons (Fsp3) is 0.300. The van der Waals surface area contributed by atoms with Crippen LogP contribution in [0.2, 0.25) is 0 Å². The lowest BCUT2D eigenvalue weighted by molar-refractivity contribution is -0.134. The predicted molar refractivity (Wildman–Crippen MR) is 111 cm³/mol. The summed E-state index contributed by atoms with van der Waals surface area (Å²) in [5.41, 5.74) is 1.89. The Morgan fingerprint density at radius 2 is 1.89 bits per heavy atom. The highest BCUT2D eigenvalue weighted by Crippen LogP contribution is 2.25. The molecule has 1 fully saturated rings. The SMILES string of the molecule is COc1ccc(NC(=O)C2CSCN2C(=O)CSc2ccc(C)cc2)cc1. The minimum atomic E-state index is -0.441. The van der Waals surface area contributed by atoms with E-state index in [1.807, 2.05) is 31.2 Å². The van der Waals surface area contributed by atoms with E-state index in [0.717, 1.165) is 10.6 Å². The van der Waals surface area contributed by atoms with Crippen LogP contribution in [0.3, 0.4) is 0 Å². The van der Waals surface area contributed by atoms with Crippen molar-refractivity contribution in [3.8, 4) is 5.75 Å².